The van der Waals surface area contributed by atoms with E-state index in [2.05, 4.69) is 28.0 Å². The summed E-state index contributed by atoms with van der Waals surface area (Å²) in [6.45, 7) is 2.05. The first-order chi connectivity index (χ1) is 12.5. The van der Waals surface area contributed by atoms with Crippen molar-refractivity contribution in [3.8, 4) is 11.5 Å². The van der Waals surface area contributed by atoms with E-state index in [0.29, 0.717) is 22.2 Å². The highest BCUT2D eigenvalue weighted by Gasteiger charge is 2.30. The molecule has 2 aromatic carbocycles. The van der Waals surface area contributed by atoms with Gasteiger partial charge in [-0.3, -0.25) is 4.79 Å². The van der Waals surface area contributed by atoms with Gasteiger partial charge in [-0.25, -0.2) is 0 Å². The average Bonchev–Trinajstić information content (AvgIpc) is 2.95. The summed E-state index contributed by atoms with van der Waals surface area (Å²) >= 11 is 3.31. The third-order valence-electron chi connectivity index (χ3n) is 4.02. The van der Waals surface area contributed by atoms with Crippen LogP contribution in [-0.4, -0.2) is 23.8 Å². The largest absolute Gasteiger partial charge is 0.503 e. The molecule has 0 spiro atoms. The molecule has 3 rings (SSSR count). The Balaban J connectivity index is 2.03. The van der Waals surface area contributed by atoms with E-state index in [1.807, 2.05) is 30.3 Å². The highest BCUT2D eigenvalue weighted by atomic mass is 79.9. The van der Waals surface area contributed by atoms with E-state index in [1.165, 1.54) is 12.1 Å². The predicted octanol–water partition coefficient (Wildman–Crippen LogP) is 4.75. The van der Waals surface area contributed by atoms with Gasteiger partial charge in [0.2, 0.25) is 0 Å². The van der Waals surface area contributed by atoms with E-state index in [1.54, 1.807) is 18.2 Å². The van der Waals surface area contributed by atoms with E-state index in [-0.39, 0.29) is 11.7 Å². The molecule has 26 heavy (non-hydrogen) atoms. The SMILES string of the molecule is CCCC1=NN(c2ccccc2)C(=O)/C1=C\c1cc(Br)c(O)c(OC)c1. The van der Waals surface area contributed by atoms with Gasteiger partial charge in [-0.2, -0.15) is 10.1 Å². The maximum atomic E-state index is 13.0. The standard InChI is InChI=1S/C20H19BrN2O3/c1-3-7-17-15(10-13-11-16(21)19(24)18(12-13)26-2)20(25)23(22-17)14-8-5-4-6-9-14/h4-6,8-12,24H,3,7H2,1-2H3/b15-10-. The quantitative estimate of drug-likeness (QED) is 0.717. The number of phenolic OH excluding ortho intramolecular Hbond substituents is 1. The zero-order chi connectivity index (χ0) is 18.7. The van der Waals surface area contributed by atoms with Crippen molar-refractivity contribution in [3.05, 3.63) is 58.1 Å². The van der Waals surface area contributed by atoms with Crippen molar-refractivity contribution in [2.75, 3.05) is 12.1 Å². The van der Waals surface area contributed by atoms with Gasteiger partial charge >= 0.3 is 0 Å². The summed E-state index contributed by atoms with van der Waals surface area (Å²) < 4.78 is 5.69. The minimum atomic E-state index is -0.164. The van der Waals surface area contributed by atoms with Gasteiger partial charge in [0, 0.05) is 0 Å². The summed E-state index contributed by atoms with van der Waals surface area (Å²) in [5, 5.41) is 15.9. The molecule has 1 N–H and O–H groups in total. The molecule has 2 aromatic rings. The molecule has 6 heteroatoms. The Hall–Kier alpha value is -2.60. The van der Waals surface area contributed by atoms with Crippen molar-refractivity contribution in [2.45, 2.75) is 19.8 Å². The number of hydrogen-bond donors (Lipinski definition) is 1. The molecule has 1 heterocycles. The molecule has 5 nitrogen and oxygen atoms in total. The fraction of sp³-hybridized carbons (Fsp3) is 0.200. The van der Waals surface area contributed by atoms with Crippen molar-refractivity contribution < 1.29 is 14.6 Å². The number of aromatic hydroxyl groups is 1. The van der Waals surface area contributed by atoms with E-state index >= 15 is 0 Å². The second kappa shape index (κ2) is 7.74. The van der Waals surface area contributed by atoms with Gasteiger partial charge in [0.15, 0.2) is 11.5 Å². The van der Waals surface area contributed by atoms with E-state index < -0.39 is 0 Å². The maximum absolute atomic E-state index is 13.0. The average molecular weight is 415 g/mol. The molecule has 0 bridgehead atoms. The number of methoxy groups -OCH3 is 1. The van der Waals surface area contributed by atoms with Crippen LogP contribution in [0.2, 0.25) is 0 Å². The number of para-hydroxylation sites is 1. The number of carbonyl (C=O) groups excluding carboxylic acids is 1. The smallest absolute Gasteiger partial charge is 0.280 e. The third kappa shape index (κ3) is 3.51. The Morgan fingerprint density at radius 3 is 2.65 bits per heavy atom. The van der Waals surface area contributed by atoms with Gasteiger partial charge in [-0.1, -0.05) is 31.5 Å². The summed E-state index contributed by atoms with van der Waals surface area (Å²) in [6, 6.07) is 12.8. The number of rotatable bonds is 5. The molecule has 0 saturated carbocycles. The summed E-state index contributed by atoms with van der Waals surface area (Å²) in [7, 11) is 1.49. The molecular formula is C20H19BrN2O3. The number of ether oxygens (including phenoxy) is 1. The molecule has 0 radical (unpaired) electrons. The summed E-state index contributed by atoms with van der Waals surface area (Å²) in [4.78, 5) is 13.0. The Morgan fingerprint density at radius 2 is 2.00 bits per heavy atom. The van der Waals surface area contributed by atoms with E-state index in [0.717, 1.165) is 23.4 Å². The van der Waals surface area contributed by atoms with Crippen LogP contribution in [0.3, 0.4) is 0 Å². The second-order valence-electron chi connectivity index (χ2n) is 5.86. The number of anilines is 1. The minimum Gasteiger partial charge on any atom is -0.503 e. The summed E-state index contributed by atoms with van der Waals surface area (Å²) in [5.41, 5.74) is 2.78. The molecular weight excluding hydrogens is 396 g/mol. The number of benzene rings is 2. The molecule has 0 saturated heterocycles. The first kappa shape index (κ1) is 18.2. The molecule has 1 aliphatic rings. The van der Waals surface area contributed by atoms with Gasteiger partial charge < -0.3 is 9.84 Å². The first-order valence-electron chi connectivity index (χ1n) is 8.30. The van der Waals surface area contributed by atoms with Crippen LogP contribution in [0.1, 0.15) is 25.3 Å². The van der Waals surface area contributed by atoms with Crippen molar-refractivity contribution in [3.63, 3.8) is 0 Å². The lowest BCUT2D eigenvalue weighted by Gasteiger charge is -2.11. The fourth-order valence-electron chi connectivity index (χ4n) is 2.77. The van der Waals surface area contributed by atoms with Crippen LogP contribution in [0, 0.1) is 0 Å². The monoisotopic (exact) mass is 414 g/mol. The number of halogens is 1. The molecule has 0 fully saturated rings. The number of carbonyl (C=O) groups is 1. The predicted molar refractivity (Wildman–Crippen MR) is 107 cm³/mol. The van der Waals surface area contributed by atoms with Crippen LogP contribution in [-0.2, 0) is 4.79 Å². The molecule has 0 atom stereocenters. The molecule has 0 aromatic heterocycles. The van der Waals surface area contributed by atoms with E-state index in [9.17, 15) is 9.90 Å². The highest BCUT2D eigenvalue weighted by molar-refractivity contribution is 9.10. The number of nitrogens with zero attached hydrogens (tertiary/aromatic N) is 2. The van der Waals surface area contributed by atoms with Gasteiger partial charge in [-0.15, -0.1) is 0 Å². The lowest BCUT2D eigenvalue weighted by atomic mass is 10.0. The minimum absolute atomic E-state index is 0.0285. The highest BCUT2D eigenvalue weighted by Crippen LogP contribution is 2.36. The van der Waals surface area contributed by atoms with Crippen LogP contribution in [0.15, 0.2) is 57.6 Å². The summed E-state index contributed by atoms with van der Waals surface area (Å²) in [6.07, 6.45) is 3.37. The Bertz CT molecular complexity index is 891. The van der Waals surface area contributed by atoms with Crippen molar-refractivity contribution in [1.29, 1.82) is 0 Å². The van der Waals surface area contributed by atoms with Crippen molar-refractivity contribution >= 4 is 39.3 Å². The maximum Gasteiger partial charge on any atom is 0.280 e. The molecule has 1 aliphatic heterocycles. The van der Waals surface area contributed by atoms with Gasteiger partial charge in [0.05, 0.1) is 28.6 Å². The van der Waals surface area contributed by atoms with Gasteiger partial charge in [0.25, 0.3) is 5.91 Å². The lowest BCUT2D eigenvalue weighted by molar-refractivity contribution is -0.114. The van der Waals surface area contributed by atoms with Gasteiger partial charge in [0.1, 0.15) is 0 Å². The number of hydrazone groups is 1. The normalized spacial score (nSPS) is 15.5. The van der Waals surface area contributed by atoms with Crippen molar-refractivity contribution in [2.24, 2.45) is 5.10 Å². The molecule has 0 unspecified atom stereocenters. The van der Waals surface area contributed by atoms with Crippen molar-refractivity contribution in [1.82, 2.24) is 0 Å². The summed E-state index contributed by atoms with van der Waals surface area (Å²) in [5.74, 6) is 0.203. The fourth-order valence-corrected chi connectivity index (χ4v) is 3.23. The zero-order valence-electron chi connectivity index (χ0n) is 14.6. The Kier molecular flexibility index (Phi) is 5.42. The molecule has 0 aliphatic carbocycles. The molecule has 1 amide bonds. The molecule has 134 valence electrons. The van der Waals surface area contributed by atoms with Gasteiger partial charge in [-0.05, 0) is 58.3 Å². The second-order valence-corrected chi connectivity index (χ2v) is 6.72. The number of hydrogen-bond acceptors (Lipinski definition) is 4. The van der Waals surface area contributed by atoms with Crippen LogP contribution in [0.4, 0.5) is 5.69 Å². The number of phenols is 1. The topological polar surface area (TPSA) is 62.1 Å². The zero-order valence-corrected chi connectivity index (χ0v) is 16.2. The number of amides is 1. The van der Waals surface area contributed by atoms with Crippen LogP contribution < -0.4 is 9.75 Å². The Morgan fingerprint density at radius 1 is 1.27 bits per heavy atom. The first-order valence-corrected chi connectivity index (χ1v) is 9.10. The van der Waals surface area contributed by atoms with Crippen LogP contribution in [0.25, 0.3) is 6.08 Å². The lowest BCUT2D eigenvalue weighted by Crippen LogP contribution is -2.21. The van der Waals surface area contributed by atoms with E-state index in [4.69, 9.17) is 4.74 Å². The van der Waals surface area contributed by atoms with Crippen LogP contribution in [0.5, 0.6) is 11.5 Å². The van der Waals surface area contributed by atoms with Crippen LogP contribution >= 0.6 is 15.9 Å². The third-order valence-corrected chi connectivity index (χ3v) is 4.63. The Labute approximate surface area is 160 Å².